The van der Waals surface area contributed by atoms with Gasteiger partial charge in [-0.15, -0.1) is 0 Å². The average Bonchev–Trinajstić information content (AvgIpc) is 2.02. The summed E-state index contributed by atoms with van der Waals surface area (Å²) in [6, 6.07) is 2.17. The summed E-state index contributed by atoms with van der Waals surface area (Å²) in [4.78, 5) is 0. The van der Waals surface area contributed by atoms with Crippen molar-refractivity contribution in [2.75, 3.05) is 11.5 Å². The highest BCUT2D eigenvalue weighted by atomic mass is 32.2. The van der Waals surface area contributed by atoms with E-state index in [9.17, 15) is 0 Å². The molecule has 0 aromatic carbocycles. The predicted molar refractivity (Wildman–Crippen MR) is 56.2 cm³/mol. The molecule has 0 aromatic rings. The van der Waals surface area contributed by atoms with Gasteiger partial charge in [0, 0.05) is 6.42 Å². The van der Waals surface area contributed by atoms with Gasteiger partial charge in [0.05, 0.1) is 6.07 Å². The molecular formula is C10H19NS. The van der Waals surface area contributed by atoms with E-state index in [1.54, 1.807) is 0 Å². The molecule has 0 atom stereocenters. The lowest BCUT2D eigenvalue weighted by atomic mass is 10.2. The van der Waals surface area contributed by atoms with Gasteiger partial charge >= 0.3 is 0 Å². The van der Waals surface area contributed by atoms with Crippen LogP contribution in [0.15, 0.2) is 0 Å². The van der Waals surface area contributed by atoms with Crippen LogP contribution in [-0.4, -0.2) is 11.5 Å². The van der Waals surface area contributed by atoms with Crippen molar-refractivity contribution >= 4 is 11.8 Å². The molecule has 12 heavy (non-hydrogen) atoms. The van der Waals surface area contributed by atoms with Crippen LogP contribution in [0.1, 0.15) is 39.5 Å². The molecule has 1 nitrogen and oxygen atoms in total. The normalized spacial score (nSPS) is 10.2. The Morgan fingerprint density at radius 2 is 2.00 bits per heavy atom. The molecule has 0 rings (SSSR count). The topological polar surface area (TPSA) is 23.8 Å². The van der Waals surface area contributed by atoms with Crippen LogP contribution in [0.25, 0.3) is 0 Å². The van der Waals surface area contributed by atoms with Crippen LogP contribution in [0.2, 0.25) is 0 Å². The van der Waals surface area contributed by atoms with Crippen LogP contribution in [0.3, 0.4) is 0 Å². The van der Waals surface area contributed by atoms with Gasteiger partial charge in [0.25, 0.3) is 0 Å². The third-order valence-electron chi connectivity index (χ3n) is 1.67. The summed E-state index contributed by atoms with van der Waals surface area (Å²) in [5.41, 5.74) is 0. The zero-order valence-corrected chi connectivity index (χ0v) is 8.99. The van der Waals surface area contributed by atoms with E-state index in [0.29, 0.717) is 0 Å². The monoisotopic (exact) mass is 185 g/mol. The number of thioether (sulfide) groups is 1. The fourth-order valence-corrected chi connectivity index (χ4v) is 2.08. The molecule has 2 heteroatoms. The van der Waals surface area contributed by atoms with E-state index in [-0.39, 0.29) is 0 Å². The maximum Gasteiger partial charge on any atom is 0.0621 e. The summed E-state index contributed by atoms with van der Waals surface area (Å²) in [6.45, 7) is 4.52. The average molecular weight is 185 g/mol. The molecule has 0 unspecified atom stereocenters. The SMILES string of the molecule is CC(C)CCSCCCCC#N. The van der Waals surface area contributed by atoms with Crippen molar-refractivity contribution < 1.29 is 0 Å². The number of hydrogen-bond donors (Lipinski definition) is 0. The summed E-state index contributed by atoms with van der Waals surface area (Å²) in [6.07, 6.45) is 4.33. The number of hydrogen-bond acceptors (Lipinski definition) is 2. The summed E-state index contributed by atoms with van der Waals surface area (Å²) < 4.78 is 0. The van der Waals surface area contributed by atoms with Crippen LogP contribution >= 0.6 is 11.8 Å². The molecule has 70 valence electrons. The van der Waals surface area contributed by atoms with Crippen molar-refractivity contribution in [2.45, 2.75) is 39.5 Å². The van der Waals surface area contributed by atoms with Crippen LogP contribution in [-0.2, 0) is 0 Å². The summed E-state index contributed by atoms with van der Waals surface area (Å²) in [5, 5.41) is 8.28. The zero-order valence-electron chi connectivity index (χ0n) is 8.18. The molecule has 0 saturated carbocycles. The Kier molecular flexibility index (Phi) is 8.81. The van der Waals surface area contributed by atoms with E-state index < -0.39 is 0 Å². The Morgan fingerprint density at radius 3 is 2.58 bits per heavy atom. The minimum Gasteiger partial charge on any atom is -0.198 e. The summed E-state index contributed by atoms with van der Waals surface area (Å²) in [7, 11) is 0. The number of nitrogens with zero attached hydrogens (tertiary/aromatic N) is 1. The van der Waals surface area contributed by atoms with Crippen LogP contribution < -0.4 is 0 Å². The summed E-state index contributed by atoms with van der Waals surface area (Å²) in [5.74, 6) is 3.34. The molecule has 0 bridgehead atoms. The van der Waals surface area contributed by atoms with Gasteiger partial charge in [0.15, 0.2) is 0 Å². The van der Waals surface area contributed by atoms with E-state index in [2.05, 4.69) is 19.9 Å². The maximum atomic E-state index is 8.28. The predicted octanol–water partition coefficient (Wildman–Crippen LogP) is 3.46. The van der Waals surface area contributed by atoms with Gasteiger partial charge < -0.3 is 0 Å². The molecule has 0 aliphatic carbocycles. The Bertz CT molecular complexity index is 126. The molecule has 0 fully saturated rings. The first-order chi connectivity index (χ1) is 5.77. The standard InChI is InChI=1S/C10H19NS/c1-10(2)6-9-12-8-5-3-4-7-11/h10H,3-6,8-9H2,1-2H3. The van der Waals surface area contributed by atoms with Gasteiger partial charge in [-0.05, 0) is 36.7 Å². The van der Waals surface area contributed by atoms with Gasteiger partial charge in [-0.25, -0.2) is 0 Å². The second-order valence-electron chi connectivity index (χ2n) is 3.41. The van der Waals surface area contributed by atoms with Gasteiger partial charge in [0.1, 0.15) is 0 Å². The highest BCUT2D eigenvalue weighted by Gasteiger charge is 1.94. The van der Waals surface area contributed by atoms with E-state index in [4.69, 9.17) is 5.26 Å². The lowest BCUT2D eigenvalue weighted by Gasteiger charge is -2.03. The molecule has 0 aliphatic heterocycles. The Morgan fingerprint density at radius 1 is 1.25 bits per heavy atom. The van der Waals surface area contributed by atoms with Gasteiger partial charge in [-0.2, -0.15) is 17.0 Å². The minimum absolute atomic E-state index is 0.727. The largest absolute Gasteiger partial charge is 0.198 e. The second kappa shape index (κ2) is 8.93. The first-order valence-corrected chi connectivity index (χ1v) is 5.87. The minimum atomic E-state index is 0.727. The van der Waals surface area contributed by atoms with Gasteiger partial charge in [-0.1, -0.05) is 13.8 Å². The van der Waals surface area contributed by atoms with E-state index in [0.717, 1.165) is 18.8 Å². The first kappa shape index (κ1) is 11.8. The van der Waals surface area contributed by atoms with Gasteiger partial charge in [0.2, 0.25) is 0 Å². The van der Waals surface area contributed by atoms with E-state index >= 15 is 0 Å². The molecule has 0 radical (unpaired) electrons. The second-order valence-corrected chi connectivity index (χ2v) is 4.63. The van der Waals surface area contributed by atoms with Crippen molar-refractivity contribution in [3.63, 3.8) is 0 Å². The molecule has 0 spiro atoms. The highest BCUT2D eigenvalue weighted by Crippen LogP contribution is 2.10. The lowest BCUT2D eigenvalue weighted by Crippen LogP contribution is -1.90. The maximum absolute atomic E-state index is 8.28. The molecule has 0 amide bonds. The van der Waals surface area contributed by atoms with E-state index in [1.807, 2.05) is 11.8 Å². The number of nitriles is 1. The molecule has 0 saturated heterocycles. The van der Waals surface area contributed by atoms with Crippen molar-refractivity contribution in [1.29, 1.82) is 5.26 Å². The Labute approximate surface area is 80.5 Å². The van der Waals surface area contributed by atoms with Crippen LogP contribution in [0.4, 0.5) is 0 Å². The quantitative estimate of drug-likeness (QED) is 0.567. The number of rotatable bonds is 7. The number of unbranched alkanes of at least 4 members (excludes halogenated alkanes) is 2. The van der Waals surface area contributed by atoms with E-state index in [1.165, 1.54) is 24.3 Å². The van der Waals surface area contributed by atoms with Crippen LogP contribution in [0.5, 0.6) is 0 Å². The van der Waals surface area contributed by atoms with Crippen molar-refractivity contribution in [3.05, 3.63) is 0 Å². The van der Waals surface area contributed by atoms with Crippen molar-refractivity contribution in [3.8, 4) is 6.07 Å². The van der Waals surface area contributed by atoms with Gasteiger partial charge in [-0.3, -0.25) is 0 Å². The lowest BCUT2D eigenvalue weighted by molar-refractivity contribution is 0.632. The molecule has 0 heterocycles. The van der Waals surface area contributed by atoms with Crippen molar-refractivity contribution in [2.24, 2.45) is 5.92 Å². The third-order valence-corrected chi connectivity index (χ3v) is 2.77. The Hall–Kier alpha value is -0.160. The molecular weight excluding hydrogens is 166 g/mol. The fourth-order valence-electron chi connectivity index (χ4n) is 0.829. The molecule has 0 aromatic heterocycles. The Balaban J connectivity index is 2.87. The third kappa shape index (κ3) is 9.84. The summed E-state index contributed by atoms with van der Waals surface area (Å²) >= 11 is 2.02. The molecule has 0 aliphatic rings. The highest BCUT2D eigenvalue weighted by molar-refractivity contribution is 7.99. The molecule has 0 N–H and O–H groups in total. The van der Waals surface area contributed by atoms with Crippen molar-refractivity contribution in [1.82, 2.24) is 0 Å². The zero-order chi connectivity index (χ0) is 9.23. The first-order valence-electron chi connectivity index (χ1n) is 4.72. The smallest absolute Gasteiger partial charge is 0.0621 e. The fraction of sp³-hybridized carbons (Fsp3) is 0.900. The van der Waals surface area contributed by atoms with Crippen LogP contribution in [0, 0.1) is 17.2 Å².